The molecule has 1 amide bonds. The topological polar surface area (TPSA) is 66.9 Å². The van der Waals surface area contributed by atoms with E-state index in [1.807, 2.05) is 0 Å². The second-order valence-electron chi connectivity index (χ2n) is 3.61. The molecule has 80 valence electrons. The quantitative estimate of drug-likeness (QED) is 0.712. The smallest absolute Gasteiger partial charge is 0.271 e. The second-order valence-corrected chi connectivity index (χ2v) is 3.61. The van der Waals surface area contributed by atoms with Gasteiger partial charge in [-0.2, -0.15) is 0 Å². The first-order valence-corrected chi connectivity index (χ1v) is 5.14. The van der Waals surface area contributed by atoms with Crippen molar-refractivity contribution in [2.24, 2.45) is 0 Å². The van der Waals surface area contributed by atoms with Gasteiger partial charge >= 0.3 is 0 Å². The Kier molecular flexibility index (Phi) is 3.24. The molecular formula is C10H14N4O. The van der Waals surface area contributed by atoms with Gasteiger partial charge in [-0.15, -0.1) is 0 Å². The molecule has 0 aliphatic carbocycles. The highest BCUT2D eigenvalue weighted by atomic mass is 16.1. The summed E-state index contributed by atoms with van der Waals surface area (Å²) in [4.78, 5) is 19.5. The van der Waals surface area contributed by atoms with Gasteiger partial charge in [0.05, 0.1) is 6.20 Å². The largest absolute Gasteiger partial charge is 0.347 e. The predicted molar refractivity (Wildman–Crippen MR) is 55.4 cm³/mol. The zero-order chi connectivity index (χ0) is 10.5. The summed E-state index contributed by atoms with van der Waals surface area (Å²) in [5.74, 6) is -0.142. The normalized spacial score (nSPS) is 20.9. The number of piperidine rings is 1. The summed E-state index contributed by atoms with van der Waals surface area (Å²) in [5, 5.41) is 6.17. The molecule has 0 aromatic carbocycles. The Morgan fingerprint density at radius 2 is 2.47 bits per heavy atom. The minimum atomic E-state index is -0.142. The Balaban J connectivity index is 1.91. The molecule has 1 aliphatic rings. The summed E-state index contributed by atoms with van der Waals surface area (Å²) in [6.45, 7) is 1.88. The van der Waals surface area contributed by atoms with Crippen molar-refractivity contribution in [2.45, 2.75) is 18.9 Å². The third-order valence-electron chi connectivity index (χ3n) is 2.43. The molecule has 2 N–H and O–H groups in total. The molecule has 2 rings (SSSR count). The molecule has 0 bridgehead atoms. The van der Waals surface area contributed by atoms with Crippen LogP contribution in [0.25, 0.3) is 0 Å². The molecule has 1 fully saturated rings. The van der Waals surface area contributed by atoms with Gasteiger partial charge in [-0.05, 0) is 19.4 Å². The zero-order valence-electron chi connectivity index (χ0n) is 8.44. The Hall–Kier alpha value is -1.49. The van der Waals surface area contributed by atoms with Gasteiger partial charge in [0, 0.05) is 25.0 Å². The van der Waals surface area contributed by atoms with Crippen LogP contribution >= 0.6 is 0 Å². The highest BCUT2D eigenvalue weighted by molar-refractivity contribution is 5.92. The van der Waals surface area contributed by atoms with Crippen LogP contribution < -0.4 is 10.6 Å². The van der Waals surface area contributed by atoms with Gasteiger partial charge in [-0.25, -0.2) is 4.98 Å². The fourth-order valence-corrected chi connectivity index (χ4v) is 1.65. The van der Waals surface area contributed by atoms with Crippen molar-refractivity contribution in [3.05, 3.63) is 24.3 Å². The van der Waals surface area contributed by atoms with Crippen molar-refractivity contribution in [3.8, 4) is 0 Å². The van der Waals surface area contributed by atoms with E-state index in [0.717, 1.165) is 25.9 Å². The summed E-state index contributed by atoms with van der Waals surface area (Å²) in [6.07, 6.45) is 6.68. The van der Waals surface area contributed by atoms with E-state index in [-0.39, 0.29) is 11.9 Å². The Labute approximate surface area is 88.3 Å². The monoisotopic (exact) mass is 206 g/mol. The molecule has 0 saturated carbocycles. The lowest BCUT2D eigenvalue weighted by Gasteiger charge is -2.23. The molecule has 1 saturated heterocycles. The Morgan fingerprint density at radius 1 is 1.53 bits per heavy atom. The van der Waals surface area contributed by atoms with Crippen molar-refractivity contribution in [1.82, 2.24) is 20.6 Å². The zero-order valence-corrected chi connectivity index (χ0v) is 8.44. The average molecular weight is 206 g/mol. The van der Waals surface area contributed by atoms with E-state index in [4.69, 9.17) is 0 Å². The fourth-order valence-electron chi connectivity index (χ4n) is 1.65. The molecule has 1 aliphatic heterocycles. The van der Waals surface area contributed by atoms with Gasteiger partial charge in [0.2, 0.25) is 0 Å². The number of hydrogen-bond donors (Lipinski definition) is 2. The molecule has 0 unspecified atom stereocenters. The van der Waals surface area contributed by atoms with Crippen molar-refractivity contribution in [3.63, 3.8) is 0 Å². The molecule has 0 radical (unpaired) electrons. The van der Waals surface area contributed by atoms with Crippen LogP contribution in [-0.4, -0.2) is 35.0 Å². The number of rotatable bonds is 2. The second kappa shape index (κ2) is 4.84. The molecule has 15 heavy (non-hydrogen) atoms. The maximum atomic E-state index is 11.7. The number of nitrogens with zero attached hydrogens (tertiary/aromatic N) is 2. The van der Waals surface area contributed by atoms with Gasteiger partial charge in [0.25, 0.3) is 5.91 Å². The highest BCUT2D eigenvalue weighted by Gasteiger charge is 2.16. The first-order chi connectivity index (χ1) is 7.36. The lowest BCUT2D eigenvalue weighted by molar-refractivity contribution is 0.0925. The lowest BCUT2D eigenvalue weighted by Crippen LogP contribution is -2.45. The van der Waals surface area contributed by atoms with Gasteiger partial charge in [0.1, 0.15) is 5.69 Å². The van der Waals surface area contributed by atoms with Crippen LogP contribution in [0.4, 0.5) is 0 Å². The van der Waals surface area contributed by atoms with E-state index in [1.165, 1.54) is 12.4 Å². The summed E-state index contributed by atoms with van der Waals surface area (Å²) >= 11 is 0. The van der Waals surface area contributed by atoms with E-state index in [1.54, 1.807) is 6.20 Å². The minimum absolute atomic E-state index is 0.142. The van der Waals surface area contributed by atoms with Crippen LogP contribution in [0.1, 0.15) is 23.3 Å². The maximum Gasteiger partial charge on any atom is 0.271 e. The fraction of sp³-hybridized carbons (Fsp3) is 0.500. The predicted octanol–water partition coefficient (Wildman–Crippen LogP) is -0.0416. The third kappa shape index (κ3) is 2.73. The molecule has 0 spiro atoms. The number of amides is 1. The maximum absolute atomic E-state index is 11.7. The summed E-state index contributed by atoms with van der Waals surface area (Å²) in [7, 11) is 0. The summed E-state index contributed by atoms with van der Waals surface area (Å²) in [5.41, 5.74) is 0.378. The first-order valence-electron chi connectivity index (χ1n) is 5.14. The molecule has 5 nitrogen and oxygen atoms in total. The third-order valence-corrected chi connectivity index (χ3v) is 2.43. The van der Waals surface area contributed by atoms with Gasteiger partial charge < -0.3 is 10.6 Å². The number of aromatic nitrogens is 2. The SMILES string of the molecule is O=C(N[C@H]1CCCNC1)c1cnccn1. The van der Waals surface area contributed by atoms with Crippen molar-refractivity contribution < 1.29 is 4.79 Å². The summed E-state index contributed by atoms with van der Waals surface area (Å²) in [6, 6.07) is 0.216. The number of carbonyl (C=O) groups is 1. The average Bonchev–Trinajstić information content (AvgIpc) is 2.31. The van der Waals surface area contributed by atoms with Gasteiger partial charge in [-0.3, -0.25) is 9.78 Å². The Bertz CT molecular complexity index is 321. The lowest BCUT2D eigenvalue weighted by atomic mass is 10.1. The number of nitrogens with one attached hydrogen (secondary N) is 2. The molecular weight excluding hydrogens is 192 g/mol. The van der Waals surface area contributed by atoms with Gasteiger partial charge in [0.15, 0.2) is 0 Å². The number of hydrogen-bond acceptors (Lipinski definition) is 4. The van der Waals surface area contributed by atoms with Crippen LogP contribution in [0.5, 0.6) is 0 Å². The van der Waals surface area contributed by atoms with E-state index < -0.39 is 0 Å². The number of carbonyl (C=O) groups excluding carboxylic acids is 1. The van der Waals surface area contributed by atoms with Gasteiger partial charge in [-0.1, -0.05) is 0 Å². The molecule has 2 heterocycles. The van der Waals surface area contributed by atoms with E-state index in [9.17, 15) is 4.79 Å². The standard InChI is InChI=1S/C10H14N4O/c15-10(9-7-12-4-5-13-9)14-8-2-1-3-11-6-8/h4-5,7-8,11H,1-3,6H2,(H,14,15)/t8-/m0/s1. The van der Waals surface area contributed by atoms with Crippen molar-refractivity contribution in [1.29, 1.82) is 0 Å². The molecule has 5 heteroatoms. The van der Waals surface area contributed by atoms with E-state index in [2.05, 4.69) is 20.6 Å². The van der Waals surface area contributed by atoms with E-state index >= 15 is 0 Å². The minimum Gasteiger partial charge on any atom is -0.347 e. The van der Waals surface area contributed by atoms with E-state index in [0.29, 0.717) is 5.69 Å². The van der Waals surface area contributed by atoms with Crippen LogP contribution in [0, 0.1) is 0 Å². The van der Waals surface area contributed by atoms with Crippen molar-refractivity contribution >= 4 is 5.91 Å². The molecule has 1 aromatic rings. The molecule has 1 atom stereocenters. The Morgan fingerprint density at radius 3 is 3.13 bits per heavy atom. The van der Waals surface area contributed by atoms with Crippen LogP contribution in [0.2, 0.25) is 0 Å². The van der Waals surface area contributed by atoms with Crippen LogP contribution in [-0.2, 0) is 0 Å². The summed E-state index contributed by atoms with van der Waals surface area (Å²) < 4.78 is 0. The first kappa shape index (κ1) is 10.0. The van der Waals surface area contributed by atoms with Crippen LogP contribution in [0.3, 0.4) is 0 Å². The van der Waals surface area contributed by atoms with Crippen molar-refractivity contribution in [2.75, 3.05) is 13.1 Å². The highest BCUT2D eigenvalue weighted by Crippen LogP contribution is 2.02. The van der Waals surface area contributed by atoms with Crippen LogP contribution in [0.15, 0.2) is 18.6 Å². The molecule has 1 aromatic heterocycles.